The summed E-state index contributed by atoms with van der Waals surface area (Å²) in [5, 5.41) is 0. The van der Waals surface area contributed by atoms with Crippen molar-refractivity contribution in [2.24, 2.45) is 0 Å². The SMILES string of the molecule is CCCCCCOC(=O)n1c(N)c(F)cnc1=O. The molecular formula is C11H16FN3O3. The maximum absolute atomic E-state index is 13.1. The van der Waals surface area contributed by atoms with Crippen molar-refractivity contribution in [3.8, 4) is 0 Å². The van der Waals surface area contributed by atoms with Crippen LogP contribution in [-0.2, 0) is 4.74 Å². The predicted molar refractivity (Wildman–Crippen MR) is 63.8 cm³/mol. The molecule has 0 aliphatic carbocycles. The number of nitrogen functional groups attached to an aromatic ring is 1. The molecule has 0 aliphatic heterocycles. The van der Waals surface area contributed by atoms with Crippen molar-refractivity contribution in [3.63, 3.8) is 0 Å². The predicted octanol–water partition coefficient (Wildman–Crippen LogP) is 1.53. The van der Waals surface area contributed by atoms with Crippen molar-refractivity contribution in [1.29, 1.82) is 0 Å². The first-order chi connectivity index (χ1) is 8.57. The highest BCUT2D eigenvalue weighted by atomic mass is 19.1. The number of carbonyl (C=O) groups is 1. The first-order valence-corrected chi connectivity index (χ1v) is 5.78. The molecule has 0 fully saturated rings. The normalized spacial score (nSPS) is 10.3. The summed E-state index contributed by atoms with van der Waals surface area (Å²) in [5.74, 6) is -1.52. The van der Waals surface area contributed by atoms with Crippen LogP contribution in [0, 0.1) is 5.82 Å². The maximum Gasteiger partial charge on any atom is 0.424 e. The van der Waals surface area contributed by atoms with Gasteiger partial charge in [0.2, 0.25) is 0 Å². The zero-order valence-corrected chi connectivity index (χ0v) is 10.2. The average molecular weight is 257 g/mol. The minimum atomic E-state index is -0.999. The molecule has 100 valence electrons. The molecule has 0 aromatic carbocycles. The Kier molecular flexibility index (Phi) is 5.29. The Morgan fingerprint density at radius 1 is 1.50 bits per heavy atom. The standard InChI is InChI=1S/C11H16FN3O3/c1-2-3-4-5-6-18-11(17)15-9(13)8(12)7-14-10(15)16/h7H,2-6,13H2,1H3. The minimum absolute atomic E-state index is 0.168. The van der Waals surface area contributed by atoms with E-state index >= 15 is 0 Å². The fourth-order valence-corrected chi connectivity index (χ4v) is 1.37. The van der Waals surface area contributed by atoms with E-state index in [1.54, 1.807) is 0 Å². The first-order valence-electron chi connectivity index (χ1n) is 5.78. The average Bonchev–Trinajstić information content (AvgIpc) is 2.34. The van der Waals surface area contributed by atoms with Crippen LogP contribution in [0.4, 0.5) is 15.0 Å². The molecule has 2 N–H and O–H groups in total. The number of hydrogen-bond donors (Lipinski definition) is 1. The van der Waals surface area contributed by atoms with Crippen LogP contribution < -0.4 is 11.4 Å². The summed E-state index contributed by atoms with van der Waals surface area (Å²) in [5.41, 5.74) is 4.33. The molecule has 0 atom stereocenters. The van der Waals surface area contributed by atoms with E-state index in [0.29, 0.717) is 17.2 Å². The first kappa shape index (κ1) is 14.1. The second kappa shape index (κ2) is 6.73. The van der Waals surface area contributed by atoms with Crippen molar-refractivity contribution >= 4 is 11.9 Å². The highest BCUT2D eigenvalue weighted by Crippen LogP contribution is 2.05. The van der Waals surface area contributed by atoms with Crippen LogP contribution >= 0.6 is 0 Å². The van der Waals surface area contributed by atoms with Gasteiger partial charge in [-0.15, -0.1) is 0 Å². The third-order valence-electron chi connectivity index (χ3n) is 2.37. The fraction of sp³-hybridized carbons (Fsp3) is 0.545. The van der Waals surface area contributed by atoms with Crippen molar-refractivity contribution in [1.82, 2.24) is 9.55 Å². The van der Waals surface area contributed by atoms with E-state index in [-0.39, 0.29) is 6.61 Å². The van der Waals surface area contributed by atoms with Gasteiger partial charge < -0.3 is 10.5 Å². The molecular weight excluding hydrogens is 241 g/mol. The summed E-state index contributed by atoms with van der Waals surface area (Å²) in [6, 6.07) is 0. The Bertz CT molecular complexity index is 473. The number of halogens is 1. The number of nitrogens with two attached hydrogens (primary N) is 1. The van der Waals surface area contributed by atoms with Crippen LogP contribution in [0.15, 0.2) is 11.0 Å². The van der Waals surface area contributed by atoms with Gasteiger partial charge in [-0.25, -0.2) is 14.0 Å². The Labute approximate surface area is 104 Å². The highest BCUT2D eigenvalue weighted by Gasteiger charge is 2.15. The molecule has 0 aliphatic rings. The number of anilines is 1. The minimum Gasteiger partial charge on any atom is -0.449 e. The monoisotopic (exact) mass is 257 g/mol. The van der Waals surface area contributed by atoms with Gasteiger partial charge in [0.1, 0.15) is 0 Å². The molecule has 7 heteroatoms. The molecule has 0 radical (unpaired) electrons. The Morgan fingerprint density at radius 3 is 2.89 bits per heavy atom. The molecule has 0 bridgehead atoms. The molecule has 6 nitrogen and oxygen atoms in total. The summed E-state index contributed by atoms with van der Waals surface area (Å²) in [6.07, 6.45) is 3.39. The van der Waals surface area contributed by atoms with Crippen LogP contribution in [-0.4, -0.2) is 22.3 Å². The van der Waals surface area contributed by atoms with E-state index in [0.717, 1.165) is 19.3 Å². The summed E-state index contributed by atoms with van der Waals surface area (Å²) in [6.45, 7) is 2.23. The Balaban J connectivity index is 2.62. The lowest BCUT2D eigenvalue weighted by Crippen LogP contribution is -2.32. The van der Waals surface area contributed by atoms with Crippen molar-refractivity contribution < 1.29 is 13.9 Å². The molecule has 0 unspecified atom stereocenters. The van der Waals surface area contributed by atoms with Crippen LogP contribution in [0.2, 0.25) is 0 Å². The van der Waals surface area contributed by atoms with Crippen LogP contribution in [0.3, 0.4) is 0 Å². The van der Waals surface area contributed by atoms with Gasteiger partial charge >= 0.3 is 11.8 Å². The van der Waals surface area contributed by atoms with Crippen LogP contribution in [0.1, 0.15) is 32.6 Å². The zero-order chi connectivity index (χ0) is 13.5. The second-order valence-electron chi connectivity index (χ2n) is 3.78. The van der Waals surface area contributed by atoms with Gasteiger partial charge in [0.25, 0.3) is 0 Å². The number of nitrogens with zero attached hydrogens (tertiary/aromatic N) is 2. The quantitative estimate of drug-likeness (QED) is 0.808. The molecule has 0 spiro atoms. The topological polar surface area (TPSA) is 87.2 Å². The largest absolute Gasteiger partial charge is 0.449 e. The number of unbranched alkanes of at least 4 members (excludes halogenated alkanes) is 3. The van der Waals surface area contributed by atoms with Gasteiger partial charge in [-0.1, -0.05) is 26.2 Å². The van der Waals surface area contributed by atoms with Gasteiger partial charge in [0.15, 0.2) is 11.6 Å². The van der Waals surface area contributed by atoms with Gasteiger partial charge in [-0.2, -0.15) is 9.55 Å². The molecule has 0 saturated carbocycles. The number of rotatable bonds is 5. The highest BCUT2D eigenvalue weighted by molar-refractivity contribution is 5.73. The van der Waals surface area contributed by atoms with Crippen molar-refractivity contribution in [3.05, 3.63) is 22.5 Å². The number of aromatic nitrogens is 2. The van der Waals surface area contributed by atoms with E-state index in [9.17, 15) is 14.0 Å². The Morgan fingerprint density at radius 2 is 2.22 bits per heavy atom. The lowest BCUT2D eigenvalue weighted by molar-refractivity contribution is 0.144. The Hall–Kier alpha value is -1.92. The molecule has 1 heterocycles. The summed E-state index contributed by atoms with van der Waals surface area (Å²) in [7, 11) is 0. The summed E-state index contributed by atoms with van der Waals surface area (Å²) >= 11 is 0. The van der Waals surface area contributed by atoms with E-state index in [1.807, 2.05) is 0 Å². The molecule has 0 saturated heterocycles. The molecule has 1 aromatic heterocycles. The number of hydrogen-bond acceptors (Lipinski definition) is 5. The molecule has 0 amide bonds. The second-order valence-corrected chi connectivity index (χ2v) is 3.78. The fourth-order valence-electron chi connectivity index (χ4n) is 1.37. The van der Waals surface area contributed by atoms with Crippen molar-refractivity contribution in [2.45, 2.75) is 32.6 Å². The van der Waals surface area contributed by atoms with E-state index in [1.165, 1.54) is 0 Å². The van der Waals surface area contributed by atoms with Gasteiger partial charge in [0, 0.05) is 0 Å². The molecule has 1 aromatic rings. The van der Waals surface area contributed by atoms with E-state index in [4.69, 9.17) is 10.5 Å². The van der Waals surface area contributed by atoms with Crippen LogP contribution in [0.25, 0.3) is 0 Å². The number of carbonyl (C=O) groups excluding carboxylic acids is 1. The van der Waals surface area contributed by atoms with Gasteiger partial charge in [-0.05, 0) is 6.42 Å². The van der Waals surface area contributed by atoms with Gasteiger partial charge in [0.05, 0.1) is 12.8 Å². The van der Waals surface area contributed by atoms with Crippen molar-refractivity contribution in [2.75, 3.05) is 12.3 Å². The summed E-state index contributed by atoms with van der Waals surface area (Å²) in [4.78, 5) is 26.0. The van der Waals surface area contributed by atoms with Gasteiger partial charge in [-0.3, -0.25) is 0 Å². The lowest BCUT2D eigenvalue weighted by atomic mass is 10.2. The molecule has 18 heavy (non-hydrogen) atoms. The lowest BCUT2D eigenvalue weighted by Gasteiger charge is -2.08. The smallest absolute Gasteiger partial charge is 0.424 e. The third-order valence-corrected chi connectivity index (χ3v) is 2.37. The number of ether oxygens (including phenoxy) is 1. The summed E-state index contributed by atoms with van der Waals surface area (Å²) < 4.78 is 18.3. The van der Waals surface area contributed by atoms with E-state index < -0.39 is 23.4 Å². The molecule has 1 rings (SSSR count). The van der Waals surface area contributed by atoms with Crippen LogP contribution in [0.5, 0.6) is 0 Å². The van der Waals surface area contributed by atoms with E-state index in [2.05, 4.69) is 11.9 Å². The maximum atomic E-state index is 13.1. The third kappa shape index (κ3) is 3.54. The zero-order valence-electron chi connectivity index (χ0n) is 10.2.